The zero-order valence-electron chi connectivity index (χ0n) is 8.89. The second-order valence-electron chi connectivity index (χ2n) is 4.98. The van der Waals surface area contributed by atoms with Gasteiger partial charge in [-0.15, -0.1) is 0 Å². The summed E-state index contributed by atoms with van der Waals surface area (Å²) in [5.74, 6) is 0.981. The molecular formula is C12H23N. The molecular weight excluding hydrogens is 158 g/mol. The molecule has 2 rings (SSSR count). The molecule has 0 aromatic heterocycles. The maximum absolute atomic E-state index is 3.79. The van der Waals surface area contributed by atoms with Crippen LogP contribution in [0.3, 0.4) is 0 Å². The molecule has 2 aliphatic carbocycles. The molecule has 1 N–H and O–H groups in total. The van der Waals surface area contributed by atoms with Crippen molar-refractivity contribution in [2.45, 2.75) is 70.4 Å². The Morgan fingerprint density at radius 1 is 0.923 bits per heavy atom. The minimum Gasteiger partial charge on any atom is -0.311 e. The molecule has 76 valence electrons. The van der Waals surface area contributed by atoms with Gasteiger partial charge in [-0.3, -0.25) is 0 Å². The standard InChI is InChI=1S/C12H23N/c1-10(13-12-8-5-9-12)11-6-3-2-4-7-11/h10-13H,2-9H2,1H3/t10-/m0/s1. The third kappa shape index (κ3) is 2.46. The Balaban J connectivity index is 1.70. The maximum atomic E-state index is 3.79. The molecule has 0 unspecified atom stereocenters. The lowest BCUT2D eigenvalue weighted by Gasteiger charge is -2.35. The van der Waals surface area contributed by atoms with Crippen LogP contribution in [0.4, 0.5) is 0 Å². The molecule has 0 heterocycles. The molecule has 0 saturated heterocycles. The molecule has 1 heteroatoms. The summed E-state index contributed by atoms with van der Waals surface area (Å²) >= 11 is 0. The minimum atomic E-state index is 0.783. The Kier molecular flexibility index (Phi) is 3.26. The molecule has 0 aliphatic heterocycles. The predicted octanol–water partition coefficient (Wildman–Crippen LogP) is 3.10. The van der Waals surface area contributed by atoms with Crippen LogP contribution in [0.25, 0.3) is 0 Å². The summed E-state index contributed by atoms with van der Waals surface area (Å²) in [6.07, 6.45) is 11.7. The van der Waals surface area contributed by atoms with Crippen molar-refractivity contribution in [2.24, 2.45) is 5.92 Å². The topological polar surface area (TPSA) is 12.0 Å². The van der Waals surface area contributed by atoms with Crippen LogP contribution in [0.2, 0.25) is 0 Å². The Morgan fingerprint density at radius 2 is 1.62 bits per heavy atom. The summed E-state index contributed by atoms with van der Waals surface area (Å²) < 4.78 is 0. The van der Waals surface area contributed by atoms with Crippen molar-refractivity contribution >= 4 is 0 Å². The van der Waals surface area contributed by atoms with E-state index in [1.807, 2.05) is 0 Å². The van der Waals surface area contributed by atoms with Gasteiger partial charge in [0, 0.05) is 12.1 Å². The van der Waals surface area contributed by atoms with Gasteiger partial charge < -0.3 is 5.32 Å². The zero-order chi connectivity index (χ0) is 9.10. The van der Waals surface area contributed by atoms with E-state index in [0.29, 0.717) is 0 Å². The van der Waals surface area contributed by atoms with Crippen molar-refractivity contribution in [3.05, 3.63) is 0 Å². The van der Waals surface area contributed by atoms with Gasteiger partial charge in [-0.25, -0.2) is 0 Å². The normalized spacial score (nSPS) is 28.4. The van der Waals surface area contributed by atoms with E-state index in [-0.39, 0.29) is 0 Å². The average Bonchev–Trinajstić information content (AvgIpc) is 2.12. The fraction of sp³-hybridized carbons (Fsp3) is 1.00. The van der Waals surface area contributed by atoms with Crippen LogP contribution in [-0.4, -0.2) is 12.1 Å². The Bertz CT molecular complexity index is 145. The van der Waals surface area contributed by atoms with Gasteiger partial charge in [0.1, 0.15) is 0 Å². The third-order valence-electron chi connectivity index (χ3n) is 3.96. The summed E-state index contributed by atoms with van der Waals surface area (Å²) in [5.41, 5.74) is 0. The summed E-state index contributed by atoms with van der Waals surface area (Å²) in [6, 6.07) is 1.66. The van der Waals surface area contributed by atoms with Gasteiger partial charge in [-0.05, 0) is 38.5 Å². The third-order valence-corrected chi connectivity index (χ3v) is 3.96. The van der Waals surface area contributed by atoms with Crippen LogP contribution in [0.5, 0.6) is 0 Å². The van der Waals surface area contributed by atoms with E-state index in [4.69, 9.17) is 0 Å². The Labute approximate surface area is 82.3 Å². The van der Waals surface area contributed by atoms with E-state index in [1.165, 1.54) is 51.4 Å². The lowest BCUT2D eigenvalue weighted by Crippen LogP contribution is -2.44. The fourth-order valence-electron chi connectivity index (χ4n) is 2.72. The second-order valence-corrected chi connectivity index (χ2v) is 4.98. The first-order chi connectivity index (χ1) is 6.36. The van der Waals surface area contributed by atoms with Crippen molar-refractivity contribution < 1.29 is 0 Å². The van der Waals surface area contributed by atoms with Gasteiger partial charge in [0.15, 0.2) is 0 Å². The van der Waals surface area contributed by atoms with E-state index in [2.05, 4.69) is 12.2 Å². The predicted molar refractivity (Wildman–Crippen MR) is 56.8 cm³/mol. The highest BCUT2D eigenvalue weighted by Gasteiger charge is 2.24. The SMILES string of the molecule is C[C@H](NC1CCC1)C1CCCCC1. The lowest BCUT2D eigenvalue weighted by atomic mass is 9.83. The first kappa shape index (κ1) is 9.51. The molecule has 0 aromatic rings. The first-order valence-corrected chi connectivity index (χ1v) is 6.12. The van der Waals surface area contributed by atoms with Gasteiger partial charge in [0.25, 0.3) is 0 Å². The van der Waals surface area contributed by atoms with Gasteiger partial charge in [0.2, 0.25) is 0 Å². The largest absolute Gasteiger partial charge is 0.311 e. The van der Waals surface area contributed by atoms with Crippen molar-refractivity contribution in [2.75, 3.05) is 0 Å². The van der Waals surface area contributed by atoms with Crippen molar-refractivity contribution in [3.8, 4) is 0 Å². The van der Waals surface area contributed by atoms with Gasteiger partial charge >= 0.3 is 0 Å². The maximum Gasteiger partial charge on any atom is 0.00696 e. The number of hydrogen-bond acceptors (Lipinski definition) is 1. The minimum absolute atomic E-state index is 0.783. The summed E-state index contributed by atoms with van der Waals surface area (Å²) in [4.78, 5) is 0. The molecule has 0 radical (unpaired) electrons. The summed E-state index contributed by atoms with van der Waals surface area (Å²) in [5, 5.41) is 3.79. The average molecular weight is 181 g/mol. The van der Waals surface area contributed by atoms with Crippen molar-refractivity contribution in [3.63, 3.8) is 0 Å². The molecule has 0 bridgehead atoms. The molecule has 0 spiro atoms. The molecule has 13 heavy (non-hydrogen) atoms. The molecule has 0 aromatic carbocycles. The van der Waals surface area contributed by atoms with Crippen LogP contribution in [-0.2, 0) is 0 Å². The van der Waals surface area contributed by atoms with Crippen LogP contribution < -0.4 is 5.32 Å². The molecule has 0 amide bonds. The van der Waals surface area contributed by atoms with Gasteiger partial charge in [-0.2, -0.15) is 0 Å². The van der Waals surface area contributed by atoms with Crippen molar-refractivity contribution in [1.29, 1.82) is 0 Å². The molecule has 2 fully saturated rings. The van der Waals surface area contributed by atoms with Crippen LogP contribution in [0.15, 0.2) is 0 Å². The highest BCUT2D eigenvalue weighted by molar-refractivity contribution is 4.83. The Morgan fingerprint density at radius 3 is 2.15 bits per heavy atom. The second kappa shape index (κ2) is 4.45. The van der Waals surface area contributed by atoms with E-state index in [0.717, 1.165) is 18.0 Å². The number of rotatable bonds is 3. The summed E-state index contributed by atoms with van der Waals surface area (Å²) in [7, 11) is 0. The molecule has 1 atom stereocenters. The zero-order valence-corrected chi connectivity index (χ0v) is 8.89. The highest BCUT2D eigenvalue weighted by Crippen LogP contribution is 2.28. The van der Waals surface area contributed by atoms with E-state index in [1.54, 1.807) is 0 Å². The lowest BCUT2D eigenvalue weighted by molar-refractivity contribution is 0.228. The van der Waals surface area contributed by atoms with Crippen LogP contribution >= 0.6 is 0 Å². The van der Waals surface area contributed by atoms with Crippen LogP contribution in [0.1, 0.15) is 58.3 Å². The van der Waals surface area contributed by atoms with E-state index in [9.17, 15) is 0 Å². The van der Waals surface area contributed by atoms with Crippen molar-refractivity contribution in [1.82, 2.24) is 5.32 Å². The quantitative estimate of drug-likeness (QED) is 0.705. The fourth-order valence-corrected chi connectivity index (χ4v) is 2.72. The van der Waals surface area contributed by atoms with E-state index < -0.39 is 0 Å². The summed E-state index contributed by atoms with van der Waals surface area (Å²) in [6.45, 7) is 2.40. The first-order valence-electron chi connectivity index (χ1n) is 6.12. The number of hydrogen-bond donors (Lipinski definition) is 1. The van der Waals surface area contributed by atoms with Crippen LogP contribution in [0, 0.1) is 5.92 Å². The van der Waals surface area contributed by atoms with Gasteiger partial charge in [0.05, 0.1) is 0 Å². The molecule has 1 nitrogen and oxygen atoms in total. The van der Waals surface area contributed by atoms with Gasteiger partial charge in [-0.1, -0.05) is 25.7 Å². The number of nitrogens with one attached hydrogen (secondary N) is 1. The molecule has 2 saturated carbocycles. The molecule has 2 aliphatic rings. The Hall–Kier alpha value is -0.0400. The highest BCUT2D eigenvalue weighted by atomic mass is 15.0. The van der Waals surface area contributed by atoms with E-state index >= 15 is 0 Å². The smallest absolute Gasteiger partial charge is 0.00696 e. The monoisotopic (exact) mass is 181 g/mol.